The van der Waals surface area contributed by atoms with Crippen LogP contribution in [-0.2, 0) is 19.0 Å². The minimum absolute atomic E-state index is 0. The number of nitrogens with one attached hydrogen (secondary N) is 2. The first-order valence-electron chi connectivity index (χ1n) is 8.65. The fraction of sp³-hybridized carbons (Fsp3) is 0.474. The molecule has 1 aromatic heterocycles. The molecule has 0 radical (unpaired) electrons. The molecular formula is C19H27BrIN5. The summed E-state index contributed by atoms with van der Waals surface area (Å²) >= 11 is 3.58. The summed E-state index contributed by atoms with van der Waals surface area (Å²) in [5.74, 6) is 0.837. The molecule has 3 rings (SSSR count). The number of halogens is 2. The third-order valence-electron chi connectivity index (χ3n) is 5.20. The second-order valence-electron chi connectivity index (χ2n) is 6.84. The molecule has 7 heteroatoms. The zero-order valence-corrected chi connectivity index (χ0v) is 19.7. The van der Waals surface area contributed by atoms with Crippen molar-refractivity contribution in [2.24, 2.45) is 12.0 Å². The molecule has 0 aliphatic heterocycles. The number of guanidine groups is 1. The minimum atomic E-state index is 0. The zero-order chi connectivity index (χ0) is 18.0. The Labute approximate surface area is 181 Å². The van der Waals surface area contributed by atoms with Crippen LogP contribution in [0.4, 0.5) is 0 Å². The number of hydrogen-bond donors (Lipinski definition) is 2. The Hall–Kier alpha value is -1.09. The van der Waals surface area contributed by atoms with Gasteiger partial charge in [0.25, 0.3) is 0 Å². The monoisotopic (exact) mass is 531 g/mol. The van der Waals surface area contributed by atoms with Gasteiger partial charge in [-0.1, -0.05) is 28.1 Å². The molecule has 2 N–H and O–H groups in total. The van der Waals surface area contributed by atoms with Crippen molar-refractivity contribution in [1.29, 1.82) is 0 Å². The molecule has 1 saturated carbocycles. The molecule has 1 aromatic carbocycles. The van der Waals surface area contributed by atoms with Gasteiger partial charge in [0.1, 0.15) is 0 Å². The van der Waals surface area contributed by atoms with E-state index in [1.807, 2.05) is 25.7 Å². The molecule has 142 valence electrons. The number of rotatable bonds is 5. The lowest BCUT2D eigenvalue weighted by Gasteiger charge is -2.19. The summed E-state index contributed by atoms with van der Waals surface area (Å²) in [6, 6.07) is 8.64. The number of benzene rings is 1. The maximum atomic E-state index is 4.47. The topological polar surface area (TPSA) is 54.2 Å². The van der Waals surface area contributed by atoms with Crippen LogP contribution in [0.5, 0.6) is 0 Å². The van der Waals surface area contributed by atoms with Crippen LogP contribution in [0.15, 0.2) is 33.7 Å². The van der Waals surface area contributed by atoms with Gasteiger partial charge in [-0.05, 0) is 44.4 Å². The highest BCUT2D eigenvalue weighted by Gasteiger charge is 2.44. The smallest absolute Gasteiger partial charge is 0.191 e. The van der Waals surface area contributed by atoms with E-state index in [2.05, 4.69) is 67.8 Å². The average molecular weight is 532 g/mol. The number of aryl methyl sites for hydroxylation is 2. The van der Waals surface area contributed by atoms with Crippen LogP contribution < -0.4 is 10.6 Å². The summed E-state index contributed by atoms with van der Waals surface area (Å²) in [5.41, 5.74) is 5.12. The minimum Gasteiger partial charge on any atom is -0.356 e. The lowest BCUT2D eigenvalue weighted by molar-refractivity contribution is 0.645. The third-order valence-corrected chi connectivity index (χ3v) is 5.69. The van der Waals surface area contributed by atoms with Crippen molar-refractivity contribution in [2.45, 2.75) is 38.6 Å². The Morgan fingerprint density at radius 2 is 2.04 bits per heavy atom. The van der Waals surface area contributed by atoms with Crippen LogP contribution in [0.1, 0.15) is 35.4 Å². The maximum absolute atomic E-state index is 4.47. The number of aromatic nitrogens is 2. The van der Waals surface area contributed by atoms with Gasteiger partial charge >= 0.3 is 0 Å². The van der Waals surface area contributed by atoms with E-state index in [-0.39, 0.29) is 29.4 Å². The van der Waals surface area contributed by atoms with Crippen molar-refractivity contribution >= 4 is 45.9 Å². The fourth-order valence-electron chi connectivity index (χ4n) is 3.26. The fourth-order valence-corrected chi connectivity index (χ4v) is 3.65. The highest BCUT2D eigenvalue weighted by Crippen LogP contribution is 2.48. The predicted octanol–water partition coefficient (Wildman–Crippen LogP) is 3.81. The first-order valence-corrected chi connectivity index (χ1v) is 9.44. The molecule has 1 aliphatic carbocycles. The van der Waals surface area contributed by atoms with E-state index in [0.29, 0.717) is 0 Å². The standard InChI is InChI=1S/C19H26BrN5.HI/c1-13-17(14(2)25(4)24-13)11-22-18(21-3)23-12-19(8-9-19)15-6-5-7-16(20)10-15;/h5-7,10H,8-9,11-12H2,1-4H3,(H2,21,22,23);1H. The van der Waals surface area contributed by atoms with Crippen molar-refractivity contribution in [1.82, 2.24) is 20.4 Å². The van der Waals surface area contributed by atoms with Crippen molar-refractivity contribution in [3.05, 3.63) is 51.3 Å². The highest BCUT2D eigenvalue weighted by molar-refractivity contribution is 14.0. The molecule has 0 saturated heterocycles. The second-order valence-corrected chi connectivity index (χ2v) is 7.76. The largest absolute Gasteiger partial charge is 0.356 e. The molecule has 1 aliphatic rings. The van der Waals surface area contributed by atoms with E-state index in [9.17, 15) is 0 Å². The van der Waals surface area contributed by atoms with Crippen LogP contribution in [0.3, 0.4) is 0 Å². The number of hydrogen-bond acceptors (Lipinski definition) is 2. The second kappa shape index (κ2) is 8.73. The van der Waals surface area contributed by atoms with E-state index in [1.165, 1.54) is 29.7 Å². The van der Waals surface area contributed by atoms with Gasteiger partial charge in [0, 0.05) is 48.3 Å². The van der Waals surface area contributed by atoms with Gasteiger partial charge in [0.2, 0.25) is 0 Å². The molecule has 2 aromatic rings. The van der Waals surface area contributed by atoms with Gasteiger partial charge in [-0.15, -0.1) is 24.0 Å². The molecule has 0 amide bonds. The van der Waals surface area contributed by atoms with Crippen molar-refractivity contribution in [3.8, 4) is 0 Å². The molecule has 5 nitrogen and oxygen atoms in total. The van der Waals surface area contributed by atoms with E-state index in [0.717, 1.165) is 29.2 Å². The number of aliphatic imine (C=N–C) groups is 1. The molecule has 0 atom stereocenters. The van der Waals surface area contributed by atoms with Crippen molar-refractivity contribution < 1.29 is 0 Å². The van der Waals surface area contributed by atoms with Crippen LogP contribution in [0.25, 0.3) is 0 Å². The predicted molar refractivity (Wildman–Crippen MR) is 121 cm³/mol. The van der Waals surface area contributed by atoms with E-state index >= 15 is 0 Å². The normalized spacial score (nSPS) is 15.3. The van der Waals surface area contributed by atoms with Crippen molar-refractivity contribution in [2.75, 3.05) is 13.6 Å². The number of nitrogens with zero attached hydrogens (tertiary/aromatic N) is 3. The molecule has 0 bridgehead atoms. The van der Waals surface area contributed by atoms with Crippen LogP contribution in [0.2, 0.25) is 0 Å². The zero-order valence-electron chi connectivity index (χ0n) is 15.8. The molecular weight excluding hydrogens is 505 g/mol. The van der Waals surface area contributed by atoms with Gasteiger partial charge in [0.05, 0.1) is 5.69 Å². The molecule has 0 unspecified atom stereocenters. The van der Waals surface area contributed by atoms with Gasteiger partial charge in [0.15, 0.2) is 5.96 Å². The summed E-state index contributed by atoms with van der Waals surface area (Å²) in [6.45, 7) is 5.77. The summed E-state index contributed by atoms with van der Waals surface area (Å²) in [5, 5.41) is 11.4. The Morgan fingerprint density at radius 1 is 1.31 bits per heavy atom. The van der Waals surface area contributed by atoms with E-state index < -0.39 is 0 Å². The summed E-state index contributed by atoms with van der Waals surface area (Å²) in [6.07, 6.45) is 2.43. The molecule has 0 spiro atoms. The Balaban J connectivity index is 0.00000243. The first kappa shape index (κ1) is 21.2. The van der Waals surface area contributed by atoms with Gasteiger partial charge in [-0.2, -0.15) is 5.10 Å². The SMILES string of the molecule is CN=C(NCc1c(C)nn(C)c1C)NCC1(c2cccc(Br)c2)CC1.I. The first-order chi connectivity index (χ1) is 11.9. The Kier molecular flexibility index (Phi) is 7.12. The van der Waals surface area contributed by atoms with E-state index in [4.69, 9.17) is 0 Å². The Morgan fingerprint density at radius 3 is 2.58 bits per heavy atom. The van der Waals surface area contributed by atoms with Gasteiger partial charge < -0.3 is 10.6 Å². The third kappa shape index (κ3) is 4.60. The van der Waals surface area contributed by atoms with Crippen molar-refractivity contribution in [3.63, 3.8) is 0 Å². The highest BCUT2D eigenvalue weighted by atomic mass is 127. The maximum Gasteiger partial charge on any atom is 0.191 e. The van der Waals surface area contributed by atoms with Crippen LogP contribution in [0, 0.1) is 13.8 Å². The quantitative estimate of drug-likeness (QED) is 0.350. The molecule has 1 fully saturated rings. The van der Waals surface area contributed by atoms with Gasteiger partial charge in [-0.3, -0.25) is 9.67 Å². The van der Waals surface area contributed by atoms with Crippen LogP contribution in [-0.4, -0.2) is 29.3 Å². The van der Waals surface area contributed by atoms with Gasteiger partial charge in [-0.25, -0.2) is 0 Å². The summed E-state index contributed by atoms with van der Waals surface area (Å²) in [4.78, 5) is 4.37. The summed E-state index contributed by atoms with van der Waals surface area (Å²) < 4.78 is 3.07. The molecule has 1 heterocycles. The molecule has 26 heavy (non-hydrogen) atoms. The van der Waals surface area contributed by atoms with E-state index in [1.54, 1.807) is 0 Å². The average Bonchev–Trinajstić information content (AvgIpc) is 3.34. The lowest BCUT2D eigenvalue weighted by Crippen LogP contribution is -2.41. The summed E-state index contributed by atoms with van der Waals surface area (Å²) in [7, 11) is 3.80. The van der Waals surface area contributed by atoms with Crippen LogP contribution >= 0.6 is 39.9 Å². The lowest BCUT2D eigenvalue weighted by atomic mass is 9.96. The Bertz CT molecular complexity index is 795.